The minimum absolute atomic E-state index is 0.0140. The molecular weight excluding hydrogens is 356 g/mol. The standard InChI is InChI=1S/C17H14N4O4S/c18-17(26)20-6-5-11-7-14-15(25-9-24-14)8-13(11)16(19-20)10-1-3-12(4-2-10)21(22)23/h1-4,7-8H,5-6,9H2,(H2,18,26). The molecule has 2 aromatic carbocycles. The molecule has 2 aliphatic rings. The summed E-state index contributed by atoms with van der Waals surface area (Å²) in [6.45, 7) is 0.708. The molecule has 4 rings (SSSR count). The van der Waals surface area contributed by atoms with Gasteiger partial charge in [0, 0.05) is 29.8 Å². The Morgan fingerprint density at radius 1 is 1.23 bits per heavy atom. The molecule has 0 radical (unpaired) electrons. The van der Waals surface area contributed by atoms with E-state index in [1.54, 1.807) is 17.1 Å². The second kappa shape index (κ2) is 6.26. The minimum Gasteiger partial charge on any atom is -0.454 e. The molecule has 132 valence electrons. The van der Waals surface area contributed by atoms with Gasteiger partial charge >= 0.3 is 0 Å². The summed E-state index contributed by atoms with van der Waals surface area (Å²) in [6.07, 6.45) is 0.670. The number of fused-ring (bicyclic) bond motifs is 2. The average molecular weight is 370 g/mol. The van der Waals surface area contributed by atoms with Crippen LogP contribution in [0.5, 0.6) is 11.5 Å². The van der Waals surface area contributed by atoms with Gasteiger partial charge in [0.25, 0.3) is 5.69 Å². The molecule has 9 heteroatoms. The van der Waals surface area contributed by atoms with Crippen molar-refractivity contribution in [1.82, 2.24) is 5.01 Å². The Bertz CT molecular complexity index is 943. The van der Waals surface area contributed by atoms with Crippen LogP contribution < -0.4 is 15.2 Å². The van der Waals surface area contributed by atoms with E-state index in [2.05, 4.69) is 5.10 Å². The monoisotopic (exact) mass is 370 g/mol. The van der Waals surface area contributed by atoms with Gasteiger partial charge in [0.1, 0.15) is 0 Å². The summed E-state index contributed by atoms with van der Waals surface area (Å²) in [5, 5.41) is 17.2. The smallest absolute Gasteiger partial charge is 0.269 e. The summed E-state index contributed by atoms with van der Waals surface area (Å²) in [7, 11) is 0. The molecule has 26 heavy (non-hydrogen) atoms. The Morgan fingerprint density at radius 2 is 1.92 bits per heavy atom. The lowest BCUT2D eigenvalue weighted by Crippen LogP contribution is -2.32. The molecular formula is C17H14N4O4S. The number of rotatable bonds is 2. The summed E-state index contributed by atoms with van der Waals surface area (Å²) in [5.74, 6) is 1.33. The highest BCUT2D eigenvalue weighted by Gasteiger charge is 2.24. The Kier molecular flexibility index (Phi) is 3.92. The molecule has 0 aromatic heterocycles. The number of ether oxygens (including phenoxy) is 2. The summed E-state index contributed by atoms with van der Waals surface area (Å²) < 4.78 is 10.9. The van der Waals surface area contributed by atoms with Gasteiger partial charge in [0.15, 0.2) is 16.6 Å². The molecule has 0 bridgehead atoms. The molecule has 2 heterocycles. The number of nitrogens with two attached hydrogens (primary N) is 1. The third kappa shape index (κ3) is 2.82. The number of nitrogens with zero attached hydrogens (tertiary/aromatic N) is 3. The zero-order valence-corrected chi connectivity index (χ0v) is 14.4. The van der Waals surface area contributed by atoms with Crippen LogP contribution in [0.2, 0.25) is 0 Å². The molecule has 2 aliphatic heterocycles. The largest absolute Gasteiger partial charge is 0.454 e. The predicted molar refractivity (Wildman–Crippen MR) is 98.5 cm³/mol. The van der Waals surface area contributed by atoms with Crippen LogP contribution in [0.1, 0.15) is 16.7 Å². The van der Waals surface area contributed by atoms with Crippen LogP contribution in [0.3, 0.4) is 0 Å². The van der Waals surface area contributed by atoms with Gasteiger partial charge in [0.2, 0.25) is 6.79 Å². The maximum atomic E-state index is 10.9. The van der Waals surface area contributed by atoms with Crippen molar-refractivity contribution < 1.29 is 14.4 Å². The quantitative estimate of drug-likeness (QED) is 0.491. The second-order valence-corrected chi connectivity index (χ2v) is 6.24. The zero-order valence-electron chi connectivity index (χ0n) is 13.5. The van der Waals surface area contributed by atoms with Crippen LogP contribution in [0.15, 0.2) is 41.5 Å². The SMILES string of the molecule is NC(=S)N1CCc2cc3c(cc2C(c2ccc([N+](=O)[O-])cc2)=N1)OCO3. The van der Waals surface area contributed by atoms with Crippen LogP contribution in [0.4, 0.5) is 5.69 Å². The van der Waals surface area contributed by atoms with E-state index in [4.69, 9.17) is 27.4 Å². The first-order valence-electron chi connectivity index (χ1n) is 7.86. The summed E-state index contributed by atoms with van der Waals surface area (Å²) in [5.41, 5.74) is 9.02. The van der Waals surface area contributed by atoms with Gasteiger partial charge in [-0.3, -0.25) is 10.1 Å². The molecule has 0 unspecified atom stereocenters. The van der Waals surface area contributed by atoms with Gasteiger partial charge in [-0.05, 0) is 48.5 Å². The van der Waals surface area contributed by atoms with Gasteiger partial charge in [-0.1, -0.05) is 0 Å². The third-order valence-corrected chi connectivity index (χ3v) is 4.48. The number of hydrogen-bond donors (Lipinski definition) is 1. The van der Waals surface area contributed by atoms with Crippen molar-refractivity contribution in [2.45, 2.75) is 6.42 Å². The van der Waals surface area contributed by atoms with E-state index in [0.29, 0.717) is 30.2 Å². The van der Waals surface area contributed by atoms with Crippen LogP contribution in [0.25, 0.3) is 0 Å². The van der Waals surface area contributed by atoms with E-state index in [9.17, 15) is 10.1 Å². The van der Waals surface area contributed by atoms with Gasteiger partial charge in [-0.2, -0.15) is 5.10 Å². The Hall–Kier alpha value is -3.20. The van der Waals surface area contributed by atoms with Crippen LogP contribution >= 0.6 is 12.2 Å². The molecule has 0 saturated heterocycles. The summed E-state index contributed by atoms with van der Waals surface area (Å²) in [4.78, 5) is 10.5. The lowest BCUT2D eigenvalue weighted by atomic mass is 9.95. The van der Waals surface area contributed by atoms with Crippen LogP contribution in [-0.4, -0.2) is 34.1 Å². The minimum atomic E-state index is -0.438. The van der Waals surface area contributed by atoms with Gasteiger partial charge in [-0.15, -0.1) is 0 Å². The first kappa shape index (κ1) is 16.3. The lowest BCUT2D eigenvalue weighted by Gasteiger charge is -2.15. The van der Waals surface area contributed by atoms with Gasteiger partial charge < -0.3 is 15.2 Å². The Labute approximate surface area is 154 Å². The third-order valence-electron chi connectivity index (χ3n) is 4.27. The molecule has 2 N–H and O–H groups in total. The maximum Gasteiger partial charge on any atom is 0.269 e. The van der Waals surface area contributed by atoms with Crippen LogP contribution in [-0.2, 0) is 6.42 Å². The molecule has 8 nitrogen and oxygen atoms in total. The fraction of sp³-hybridized carbons (Fsp3) is 0.176. The Balaban J connectivity index is 1.86. The van der Waals surface area contributed by atoms with Crippen molar-refractivity contribution in [1.29, 1.82) is 0 Å². The molecule has 0 spiro atoms. The van der Waals surface area contributed by atoms with E-state index in [1.807, 2.05) is 12.1 Å². The highest BCUT2D eigenvalue weighted by atomic mass is 32.1. The lowest BCUT2D eigenvalue weighted by molar-refractivity contribution is -0.384. The van der Waals surface area contributed by atoms with Crippen molar-refractivity contribution in [3.8, 4) is 11.5 Å². The van der Waals surface area contributed by atoms with Crippen LogP contribution in [0, 0.1) is 10.1 Å². The number of benzene rings is 2. The first-order chi connectivity index (χ1) is 12.5. The van der Waals surface area contributed by atoms with Crippen molar-refractivity contribution >= 4 is 28.7 Å². The average Bonchev–Trinajstić information content (AvgIpc) is 2.99. The molecule has 2 aromatic rings. The maximum absolute atomic E-state index is 10.9. The molecule has 0 saturated carbocycles. The van der Waals surface area contributed by atoms with E-state index in [1.165, 1.54) is 12.1 Å². The van der Waals surface area contributed by atoms with Crippen molar-refractivity contribution in [3.63, 3.8) is 0 Å². The number of non-ortho nitro benzene ring substituents is 1. The highest BCUT2D eigenvalue weighted by molar-refractivity contribution is 7.80. The Morgan fingerprint density at radius 3 is 2.58 bits per heavy atom. The van der Waals surface area contributed by atoms with E-state index < -0.39 is 4.92 Å². The molecule has 0 amide bonds. The van der Waals surface area contributed by atoms with Crippen molar-refractivity contribution in [2.75, 3.05) is 13.3 Å². The second-order valence-electron chi connectivity index (χ2n) is 5.83. The number of thiocarbonyl (C=S) groups is 1. The molecule has 0 atom stereocenters. The topological polar surface area (TPSA) is 103 Å². The zero-order chi connectivity index (χ0) is 18.3. The first-order valence-corrected chi connectivity index (χ1v) is 8.27. The predicted octanol–water partition coefficient (Wildman–Crippen LogP) is 2.18. The normalized spacial score (nSPS) is 15.1. The van der Waals surface area contributed by atoms with E-state index in [0.717, 1.165) is 16.7 Å². The number of nitro benzene ring substituents is 1. The number of hydrogen-bond acceptors (Lipinski definition) is 6. The van der Waals surface area contributed by atoms with E-state index in [-0.39, 0.29) is 17.6 Å². The van der Waals surface area contributed by atoms with Crippen molar-refractivity contribution in [2.24, 2.45) is 10.8 Å². The fourth-order valence-electron chi connectivity index (χ4n) is 2.98. The van der Waals surface area contributed by atoms with Gasteiger partial charge in [-0.25, -0.2) is 5.01 Å². The number of nitro groups is 1. The van der Waals surface area contributed by atoms with E-state index >= 15 is 0 Å². The summed E-state index contributed by atoms with van der Waals surface area (Å²) in [6, 6.07) is 10.0. The van der Waals surface area contributed by atoms with Gasteiger partial charge in [0.05, 0.1) is 10.6 Å². The molecule has 0 aliphatic carbocycles. The highest BCUT2D eigenvalue weighted by Crippen LogP contribution is 2.37. The fourth-order valence-corrected chi connectivity index (χ4v) is 3.11. The molecule has 0 fully saturated rings. The van der Waals surface area contributed by atoms with Crippen molar-refractivity contribution in [3.05, 3.63) is 63.2 Å². The number of hydrazone groups is 1. The summed E-state index contributed by atoms with van der Waals surface area (Å²) >= 11 is 5.09.